The second-order valence-corrected chi connectivity index (χ2v) is 6.38. The molecular weight excluding hydrogens is 297 g/mol. The minimum absolute atomic E-state index is 0.0846. The maximum absolute atomic E-state index is 13.5. The van der Waals surface area contributed by atoms with Crippen molar-refractivity contribution in [3.63, 3.8) is 0 Å². The first kappa shape index (κ1) is 17.2. The van der Waals surface area contributed by atoms with E-state index in [0.717, 1.165) is 18.9 Å². The Morgan fingerprint density at radius 3 is 2.57 bits per heavy atom. The fraction of sp³-hybridized carbons (Fsp3) is 0.462. The van der Waals surface area contributed by atoms with E-state index in [0.29, 0.717) is 6.54 Å². The van der Waals surface area contributed by atoms with Crippen molar-refractivity contribution in [2.45, 2.75) is 38.5 Å². The second-order valence-electron chi connectivity index (χ2n) is 4.76. The number of unbranched alkanes of at least 4 members (excludes halogenated alkanes) is 1. The zero-order chi connectivity index (χ0) is 16.2. The van der Waals surface area contributed by atoms with E-state index in [2.05, 4.69) is 5.32 Å². The van der Waals surface area contributed by atoms with Crippen molar-refractivity contribution in [1.29, 1.82) is 0 Å². The third-order valence-electron chi connectivity index (χ3n) is 3.01. The van der Waals surface area contributed by atoms with Crippen LogP contribution in [0.25, 0.3) is 0 Å². The molecule has 0 atom stereocenters. The van der Waals surface area contributed by atoms with Crippen LogP contribution in [-0.4, -0.2) is 21.0 Å². The van der Waals surface area contributed by atoms with Crippen LogP contribution in [0.4, 0.5) is 14.9 Å². The Labute approximate surface area is 124 Å². The monoisotopic (exact) mass is 317 g/mol. The van der Waals surface area contributed by atoms with Gasteiger partial charge in [0.25, 0.3) is 10.0 Å². The number of anilines is 1. The molecule has 0 saturated carbocycles. The van der Waals surface area contributed by atoms with Gasteiger partial charge in [0, 0.05) is 6.54 Å². The highest BCUT2D eigenvalue weighted by molar-refractivity contribution is 7.90. The number of hydrogen-bond acceptors (Lipinski definition) is 4. The molecule has 0 unspecified atom stereocenters. The normalized spacial score (nSPS) is 11.2. The molecule has 0 aliphatic heterocycles. The van der Waals surface area contributed by atoms with Crippen molar-refractivity contribution in [3.05, 3.63) is 23.0 Å². The number of hydrogen-bond donors (Lipinski definition) is 3. The third-order valence-corrected chi connectivity index (χ3v) is 4.63. The summed E-state index contributed by atoms with van der Waals surface area (Å²) >= 11 is 0. The van der Waals surface area contributed by atoms with Crippen LogP contribution in [0.15, 0.2) is 11.0 Å². The molecule has 0 radical (unpaired) electrons. The number of aryl methyl sites for hydroxylation is 1. The van der Waals surface area contributed by atoms with Crippen molar-refractivity contribution in [2.24, 2.45) is 0 Å². The number of rotatable bonds is 5. The Morgan fingerprint density at radius 2 is 2.00 bits per heavy atom. The summed E-state index contributed by atoms with van der Waals surface area (Å²) in [7, 11) is -4.11. The summed E-state index contributed by atoms with van der Waals surface area (Å²) < 4.78 is 39.8. The number of benzene rings is 1. The second kappa shape index (κ2) is 6.75. The SMILES string of the molecule is CCCCNC(=O)NS(=O)(=O)c1c(C)cc(F)c(N)c1C. The first-order valence-corrected chi connectivity index (χ1v) is 8.04. The lowest BCUT2D eigenvalue weighted by atomic mass is 10.1. The Balaban J connectivity index is 3.04. The highest BCUT2D eigenvalue weighted by atomic mass is 32.2. The number of halogens is 1. The van der Waals surface area contributed by atoms with Gasteiger partial charge in [-0.2, -0.15) is 0 Å². The topological polar surface area (TPSA) is 101 Å². The highest BCUT2D eigenvalue weighted by Gasteiger charge is 2.24. The van der Waals surface area contributed by atoms with E-state index in [1.165, 1.54) is 13.8 Å². The van der Waals surface area contributed by atoms with Crippen LogP contribution < -0.4 is 15.8 Å². The summed E-state index contributed by atoms with van der Waals surface area (Å²) in [5, 5.41) is 2.44. The van der Waals surface area contributed by atoms with Gasteiger partial charge < -0.3 is 11.1 Å². The minimum Gasteiger partial charge on any atom is -0.396 e. The number of nitrogen functional groups attached to an aromatic ring is 1. The number of urea groups is 1. The first-order chi connectivity index (χ1) is 9.70. The molecule has 0 fully saturated rings. The number of nitrogens with two attached hydrogens (primary N) is 1. The van der Waals surface area contributed by atoms with Gasteiger partial charge in [0.15, 0.2) is 0 Å². The number of carbonyl (C=O) groups is 1. The lowest BCUT2D eigenvalue weighted by molar-refractivity contribution is 0.245. The molecule has 0 aliphatic rings. The van der Waals surface area contributed by atoms with E-state index in [-0.39, 0.29) is 21.7 Å². The van der Waals surface area contributed by atoms with Crippen LogP contribution in [0, 0.1) is 19.7 Å². The fourth-order valence-corrected chi connectivity index (χ4v) is 3.35. The van der Waals surface area contributed by atoms with Crippen molar-refractivity contribution in [3.8, 4) is 0 Å². The van der Waals surface area contributed by atoms with Gasteiger partial charge in [0.05, 0.1) is 10.6 Å². The standard InChI is InChI=1S/C13H20FN3O3S/c1-4-5-6-16-13(18)17-21(19,20)12-8(2)7-10(14)11(15)9(12)3/h7H,4-6,15H2,1-3H3,(H2,16,17,18). The van der Waals surface area contributed by atoms with Crippen molar-refractivity contribution < 1.29 is 17.6 Å². The molecule has 0 aliphatic carbocycles. The molecule has 0 bridgehead atoms. The maximum atomic E-state index is 13.5. The molecule has 0 aromatic heterocycles. The Morgan fingerprint density at radius 1 is 1.38 bits per heavy atom. The molecular formula is C13H20FN3O3S. The summed E-state index contributed by atoms with van der Waals surface area (Å²) in [6.45, 7) is 5.17. The van der Waals surface area contributed by atoms with Crippen LogP contribution in [0.5, 0.6) is 0 Å². The van der Waals surface area contributed by atoms with Gasteiger partial charge in [-0.05, 0) is 37.5 Å². The molecule has 2 amide bonds. The lowest BCUT2D eigenvalue weighted by Crippen LogP contribution is -2.40. The number of sulfonamides is 1. The van der Waals surface area contributed by atoms with Gasteiger partial charge in [-0.3, -0.25) is 0 Å². The van der Waals surface area contributed by atoms with E-state index in [9.17, 15) is 17.6 Å². The molecule has 0 heterocycles. The lowest BCUT2D eigenvalue weighted by Gasteiger charge is -2.14. The first-order valence-electron chi connectivity index (χ1n) is 6.56. The molecule has 1 rings (SSSR count). The van der Waals surface area contributed by atoms with Crippen LogP contribution in [0.3, 0.4) is 0 Å². The van der Waals surface area contributed by atoms with Crippen LogP contribution in [-0.2, 0) is 10.0 Å². The number of amides is 2. The molecule has 6 nitrogen and oxygen atoms in total. The predicted octanol–water partition coefficient (Wildman–Crippen LogP) is 1.81. The Hall–Kier alpha value is -1.83. The van der Waals surface area contributed by atoms with Gasteiger partial charge in [-0.25, -0.2) is 22.3 Å². The van der Waals surface area contributed by atoms with Gasteiger partial charge >= 0.3 is 6.03 Å². The van der Waals surface area contributed by atoms with Crippen molar-refractivity contribution in [2.75, 3.05) is 12.3 Å². The largest absolute Gasteiger partial charge is 0.396 e. The van der Waals surface area contributed by atoms with Crippen molar-refractivity contribution in [1.82, 2.24) is 10.0 Å². The zero-order valence-corrected chi connectivity index (χ0v) is 13.1. The smallest absolute Gasteiger partial charge is 0.328 e. The zero-order valence-electron chi connectivity index (χ0n) is 12.3. The van der Waals surface area contributed by atoms with Gasteiger partial charge in [-0.1, -0.05) is 13.3 Å². The summed E-state index contributed by atoms with van der Waals surface area (Å²) in [6, 6.07) is 0.219. The summed E-state index contributed by atoms with van der Waals surface area (Å²) in [5.74, 6) is -0.684. The fourth-order valence-electron chi connectivity index (χ4n) is 1.93. The van der Waals surface area contributed by atoms with Crippen molar-refractivity contribution >= 4 is 21.7 Å². The van der Waals surface area contributed by atoms with E-state index in [4.69, 9.17) is 5.73 Å². The van der Waals surface area contributed by atoms with Gasteiger partial charge in [-0.15, -0.1) is 0 Å². The molecule has 0 saturated heterocycles. The van der Waals surface area contributed by atoms with E-state index in [1.54, 1.807) is 0 Å². The quantitative estimate of drug-likeness (QED) is 0.569. The molecule has 0 spiro atoms. The Bertz CT molecular complexity index is 645. The van der Waals surface area contributed by atoms with Gasteiger partial charge in [0.2, 0.25) is 0 Å². The number of carbonyl (C=O) groups excluding carboxylic acids is 1. The maximum Gasteiger partial charge on any atom is 0.328 e. The van der Waals surface area contributed by atoms with E-state index in [1.807, 2.05) is 11.6 Å². The summed E-state index contributed by atoms with van der Waals surface area (Å²) in [5.41, 5.74) is 5.54. The highest BCUT2D eigenvalue weighted by Crippen LogP contribution is 2.27. The minimum atomic E-state index is -4.11. The average molecular weight is 317 g/mol. The molecule has 1 aromatic rings. The average Bonchev–Trinajstić information content (AvgIpc) is 2.35. The Kier molecular flexibility index (Phi) is 5.54. The summed E-state index contributed by atoms with van der Waals surface area (Å²) in [4.78, 5) is 11.4. The van der Waals surface area contributed by atoms with Gasteiger partial charge in [0.1, 0.15) is 5.82 Å². The molecule has 118 valence electrons. The molecule has 1 aromatic carbocycles. The predicted molar refractivity (Wildman–Crippen MR) is 78.9 cm³/mol. The molecule has 21 heavy (non-hydrogen) atoms. The number of nitrogens with one attached hydrogen (secondary N) is 2. The molecule has 4 N–H and O–H groups in total. The summed E-state index contributed by atoms with van der Waals surface area (Å²) in [6.07, 6.45) is 1.62. The van der Waals surface area contributed by atoms with Crippen LogP contribution >= 0.6 is 0 Å². The molecule has 8 heteroatoms. The van der Waals surface area contributed by atoms with E-state index < -0.39 is 21.9 Å². The van der Waals surface area contributed by atoms with Crippen LogP contribution in [0.1, 0.15) is 30.9 Å². The van der Waals surface area contributed by atoms with Crippen LogP contribution in [0.2, 0.25) is 0 Å². The third kappa shape index (κ3) is 4.07. The van der Waals surface area contributed by atoms with E-state index >= 15 is 0 Å².